The number of ether oxygens (including phenoxy) is 1. The Morgan fingerprint density at radius 1 is 1.10 bits per heavy atom. The van der Waals surface area contributed by atoms with Crippen LogP contribution in [-0.4, -0.2) is 21.2 Å². The number of pyridine rings is 1. The molecule has 0 unspecified atom stereocenters. The van der Waals surface area contributed by atoms with Crippen molar-refractivity contribution in [1.29, 1.82) is 0 Å². The van der Waals surface area contributed by atoms with Gasteiger partial charge in [-0.05, 0) is 42.3 Å². The van der Waals surface area contributed by atoms with Crippen molar-refractivity contribution >= 4 is 17.5 Å². The molecule has 0 spiro atoms. The number of aromatic nitrogens is 2. The molecule has 2 aromatic carbocycles. The van der Waals surface area contributed by atoms with E-state index in [0.29, 0.717) is 16.9 Å². The normalized spacial score (nSPS) is 11.8. The molecule has 7 nitrogen and oxygen atoms in total. The maximum atomic E-state index is 12.7. The van der Waals surface area contributed by atoms with E-state index in [9.17, 15) is 9.59 Å². The Balaban J connectivity index is 1.46. The average molecular weight is 414 g/mol. The zero-order valence-corrected chi connectivity index (χ0v) is 17.0. The van der Waals surface area contributed by atoms with Gasteiger partial charge in [-0.15, -0.1) is 0 Å². The lowest BCUT2D eigenvalue weighted by atomic mass is 10.1. The fraction of sp³-hybridized carbons (Fsp3) is 0.125. The molecular weight excluding hydrogens is 392 g/mol. The maximum absolute atomic E-state index is 12.7. The van der Waals surface area contributed by atoms with Crippen LogP contribution in [0.15, 0.2) is 79.1 Å². The second-order valence-electron chi connectivity index (χ2n) is 7.19. The van der Waals surface area contributed by atoms with E-state index in [1.165, 1.54) is 0 Å². The number of amides is 2. The third-order valence-corrected chi connectivity index (χ3v) is 4.90. The highest BCUT2D eigenvalue weighted by Gasteiger charge is 2.21. The standard InChI is InChI=1S/C24H22N4O3/c1-16-7-6-12-28-14-19(26-23(16)28)15-31-20-11-5-10-18(13-20)24(30)27-21(22(25)29)17-8-3-2-4-9-17/h2-14,21H,15H2,1H3,(H2,25,29)(H,27,30)/t21-/m1/s1. The van der Waals surface area contributed by atoms with Gasteiger partial charge >= 0.3 is 0 Å². The molecule has 2 amide bonds. The summed E-state index contributed by atoms with van der Waals surface area (Å²) in [6.45, 7) is 2.27. The molecule has 0 aliphatic carbocycles. The summed E-state index contributed by atoms with van der Waals surface area (Å²) < 4.78 is 7.79. The molecule has 31 heavy (non-hydrogen) atoms. The number of hydrogen-bond acceptors (Lipinski definition) is 4. The van der Waals surface area contributed by atoms with Crippen molar-refractivity contribution in [3.05, 3.63) is 102 Å². The van der Waals surface area contributed by atoms with Crippen LogP contribution in [0.4, 0.5) is 0 Å². The van der Waals surface area contributed by atoms with E-state index in [0.717, 1.165) is 16.9 Å². The van der Waals surface area contributed by atoms with Gasteiger partial charge in [0.25, 0.3) is 5.91 Å². The lowest BCUT2D eigenvalue weighted by Crippen LogP contribution is -2.37. The Kier molecular flexibility index (Phi) is 5.66. The van der Waals surface area contributed by atoms with Crippen molar-refractivity contribution in [1.82, 2.24) is 14.7 Å². The number of hydrogen-bond donors (Lipinski definition) is 2. The van der Waals surface area contributed by atoms with Crippen molar-refractivity contribution < 1.29 is 14.3 Å². The Labute approximate surface area is 179 Å². The van der Waals surface area contributed by atoms with Crippen molar-refractivity contribution in [2.24, 2.45) is 5.73 Å². The minimum atomic E-state index is -0.917. The summed E-state index contributed by atoms with van der Waals surface area (Å²) in [6.07, 6.45) is 3.85. The number of nitrogens with zero attached hydrogens (tertiary/aromatic N) is 2. The van der Waals surface area contributed by atoms with E-state index < -0.39 is 17.9 Å². The monoisotopic (exact) mass is 414 g/mol. The zero-order chi connectivity index (χ0) is 21.8. The van der Waals surface area contributed by atoms with Crippen molar-refractivity contribution in [2.75, 3.05) is 0 Å². The van der Waals surface area contributed by atoms with Crippen LogP contribution in [0.3, 0.4) is 0 Å². The molecule has 3 N–H and O–H groups in total. The second kappa shape index (κ2) is 8.71. The predicted molar refractivity (Wildman–Crippen MR) is 117 cm³/mol. The number of primary amides is 1. The maximum Gasteiger partial charge on any atom is 0.252 e. The van der Waals surface area contributed by atoms with E-state index in [-0.39, 0.29) is 6.61 Å². The quantitative estimate of drug-likeness (QED) is 0.485. The second-order valence-corrected chi connectivity index (χ2v) is 7.19. The summed E-state index contributed by atoms with van der Waals surface area (Å²) in [5.41, 5.74) is 9.22. The van der Waals surface area contributed by atoms with Crippen LogP contribution in [-0.2, 0) is 11.4 Å². The molecule has 1 atom stereocenters. The zero-order valence-electron chi connectivity index (χ0n) is 17.0. The number of rotatable bonds is 7. The summed E-state index contributed by atoms with van der Waals surface area (Å²) in [4.78, 5) is 29.2. The Morgan fingerprint density at radius 2 is 1.90 bits per heavy atom. The van der Waals surface area contributed by atoms with E-state index in [1.54, 1.807) is 48.5 Å². The third-order valence-electron chi connectivity index (χ3n) is 4.90. The van der Waals surface area contributed by atoms with Crippen molar-refractivity contribution in [2.45, 2.75) is 19.6 Å². The SMILES string of the molecule is Cc1cccn2cc(COc3cccc(C(=O)N[C@@H](C(N)=O)c4ccccc4)c3)nc12. The van der Waals surface area contributed by atoms with Gasteiger partial charge in [0.2, 0.25) is 5.91 Å². The third kappa shape index (κ3) is 4.56. The topological polar surface area (TPSA) is 98.7 Å². The highest BCUT2D eigenvalue weighted by atomic mass is 16.5. The number of benzene rings is 2. The summed E-state index contributed by atoms with van der Waals surface area (Å²) in [7, 11) is 0. The average Bonchev–Trinajstić information content (AvgIpc) is 3.21. The van der Waals surface area contributed by atoms with Crippen molar-refractivity contribution in [3.8, 4) is 5.75 Å². The minimum Gasteiger partial charge on any atom is -0.487 e. The number of fused-ring (bicyclic) bond motifs is 1. The fourth-order valence-corrected chi connectivity index (χ4v) is 3.34. The number of carbonyl (C=O) groups excluding carboxylic acids is 2. The van der Waals surface area contributed by atoms with Crippen LogP contribution in [0.5, 0.6) is 5.75 Å². The first-order valence-corrected chi connectivity index (χ1v) is 9.82. The summed E-state index contributed by atoms with van der Waals surface area (Å²) in [5.74, 6) is -0.521. The molecule has 7 heteroatoms. The molecule has 0 fully saturated rings. The minimum absolute atomic E-state index is 0.264. The molecule has 0 saturated carbocycles. The van der Waals surface area contributed by atoms with Gasteiger partial charge in [-0.25, -0.2) is 4.98 Å². The number of nitrogens with one attached hydrogen (secondary N) is 1. The van der Waals surface area contributed by atoms with Crippen LogP contribution in [0.1, 0.15) is 33.2 Å². The lowest BCUT2D eigenvalue weighted by Gasteiger charge is -2.16. The van der Waals surface area contributed by atoms with Crippen LogP contribution in [0, 0.1) is 6.92 Å². The Bertz CT molecular complexity index is 1230. The van der Waals surface area contributed by atoms with Gasteiger partial charge in [-0.1, -0.05) is 42.5 Å². The van der Waals surface area contributed by atoms with Gasteiger partial charge < -0.3 is 20.2 Å². The van der Waals surface area contributed by atoms with E-state index >= 15 is 0 Å². The number of aryl methyl sites for hydroxylation is 1. The predicted octanol–water partition coefficient (Wildman–Crippen LogP) is 3.18. The van der Waals surface area contributed by atoms with Gasteiger partial charge in [0.05, 0.1) is 5.69 Å². The highest BCUT2D eigenvalue weighted by Crippen LogP contribution is 2.18. The van der Waals surface area contributed by atoms with Gasteiger partial charge in [0, 0.05) is 18.0 Å². The Morgan fingerprint density at radius 3 is 2.65 bits per heavy atom. The molecule has 4 rings (SSSR count). The first kappa shape index (κ1) is 20.2. The first-order chi connectivity index (χ1) is 15.0. The highest BCUT2D eigenvalue weighted by molar-refractivity contribution is 5.97. The molecule has 156 valence electrons. The van der Waals surface area contributed by atoms with Crippen LogP contribution in [0.25, 0.3) is 5.65 Å². The van der Waals surface area contributed by atoms with Crippen LogP contribution < -0.4 is 15.8 Å². The largest absolute Gasteiger partial charge is 0.487 e. The fourth-order valence-electron chi connectivity index (χ4n) is 3.34. The van der Waals surface area contributed by atoms with E-state index in [2.05, 4.69) is 10.3 Å². The van der Waals surface area contributed by atoms with Crippen LogP contribution >= 0.6 is 0 Å². The number of carbonyl (C=O) groups is 2. The number of imidazole rings is 1. The molecule has 0 aliphatic heterocycles. The van der Waals surface area contributed by atoms with Gasteiger partial charge in [0.15, 0.2) is 0 Å². The summed E-state index contributed by atoms with van der Waals surface area (Å²) >= 11 is 0. The van der Waals surface area contributed by atoms with Gasteiger partial charge in [0.1, 0.15) is 24.0 Å². The molecular formula is C24H22N4O3. The molecule has 2 aromatic heterocycles. The van der Waals surface area contributed by atoms with Gasteiger partial charge in [-0.2, -0.15) is 0 Å². The number of nitrogens with two attached hydrogens (primary N) is 1. The smallest absolute Gasteiger partial charge is 0.252 e. The summed E-state index contributed by atoms with van der Waals surface area (Å²) in [5, 5.41) is 2.69. The molecule has 4 aromatic rings. The van der Waals surface area contributed by atoms with E-state index in [4.69, 9.17) is 10.5 Å². The molecule has 0 aliphatic rings. The Hall–Kier alpha value is -4.13. The van der Waals surface area contributed by atoms with Gasteiger partial charge in [-0.3, -0.25) is 9.59 Å². The van der Waals surface area contributed by atoms with Crippen LogP contribution in [0.2, 0.25) is 0 Å². The first-order valence-electron chi connectivity index (χ1n) is 9.82. The summed E-state index contributed by atoms with van der Waals surface area (Å²) in [6, 6.07) is 18.7. The lowest BCUT2D eigenvalue weighted by molar-refractivity contribution is -0.120. The van der Waals surface area contributed by atoms with E-state index in [1.807, 2.05) is 41.9 Å². The molecule has 0 radical (unpaired) electrons. The molecule has 0 bridgehead atoms. The molecule has 0 saturated heterocycles. The molecule has 2 heterocycles. The van der Waals surface area contributed by atoms with Crippen molar-refractivity contribution in [3.63, 3.8) is 0 Å².